The van der Waals surface area contributed by atoms with Crippen molar-refractivity contribution in [2.24, 2.45) is 0 Å². The molecule has 1 fully saturated rings. The zero-order chi connectivity index (χ0) is 20.9. The molecule has 0 saturated carbocycles. The van der Waals surface area contributed by atoms with Gasteiger partial charge in [-0.3, -0.25) is 0 Å². The van der Waals surface area contributed by atoms with Crippen molar-refractivity contribution >= 4 is 49.0 Å². The fraction of sp³-hybridized carbons (Fsp3) is 0.400. The maximum Gasteiger partial charge on any atom is 0.243 e. The third kappa shape index (κ3) is 3.37. The number of sulfonamides is 1. The minimum absolute atomic E-state index is 0.0127. The van der Waals surface area contributed by atoms with E-state index in [1.165, 1.54) is 39.7 Å². The van der Waals surface area contributed by atoms with Gasteiger partial charge in [0.2, 0.25) is 10.0 Å². The lowest BCUT2D eigenvalue weighted by atomic mass is 9.97. The second-order valence-corrected chi connectivity index (χ2v) is 11.0. The number of halogens is 2. The third-order valence-corrected chi connectivity index (χ3v) is 9.18. The van der Waals surface area contributed by atoms with Crippen LogP contribution in [0.2, 0.25) is 5.02 Å². The van der Waals surface area contributed by atoms with E-state index in [4.69, 9.17) is 11.6 Å². The Hall–Kier alpha value is -1.81. The Bertz CT molecular complexity index is 1220. The zero-order valence-corrected chi connectivity index (χ0v) is 18.5. The molecule has 3 heterocycles. The fourth-order valence-corrected chi connectivity index (χ4v) is 7.16. The average Bonchev–Trinajstić information content (AvgIpc) is 3.14. The Balaban J connectivity index is 1.40. The number of anilines is 1. The maximum absolute atomic E-state index is 13.4. The standard InChI is InChI=1S/C20H20ClFN4O2S2/c21-15-11-13(5-6-16(15)22)30(27,28)26-9-7-25(8-10-26)19-18-14-3-1-2-4-17(14)29-20(18)24-12-23-19/h5-6,11-12H,1-4,7-10H2. The first-order valence-corrected chi connectivity index (χ1v) is 12.5. The van der Waals surface area contributed by atoms with E-state index in [1.807, 2.05) is 0 Å². The Morgan fingerprint density at radius 2 is 1.83 bits per heavy atom. The van der Waals surface area contributed by atoms with E-state index in [1.54, 1.807) is 17.7 Å². The number of hydrogen-bond donors (Lipinski definition) is 0. The summed E-state index contributed by atoms with van der Waals surface area (Å²) in [6.45, 7) is 1.72. The summed E-state index contributed by atoms with van der Waals surface area (Å²) in [4.78, 5) is 13.6. The lowest BCUT2D eigenvalue weighted by molar-refractivity contribution is 0.384. The number of thiophene rings is 1. The summed E-state index contributed by atoms with van der Waals surface area (Å²) in [6, 6.07) is 3.52. The normalized spacial score (nSPS) is 18.0. The van der Waals surface area contributed by atoms with Crippen molar-refractivity contribution in [2.45, 2.75) is 30.6 Å². The van der Waals surface area contributed by atoms with Gasteiger partial charge in [-0.15, -0.1) is 11.3 Å². The largest absolute Gasteiger partial charge is 0.353 e. The molecule has 158 valence electrons. The summed E-state index contributed by atoms with van der Waals surface area (Å²) in [5, 5.41) is 0.944. The Morgan fingerprint density at radius 3 is 2.60 bits per heavy atom. The number of aromatic nitrogens is 2. The first-order valence-electron chi connectivity index (χ1n) is 9.90. The molecule has 1 saturated heterocycles. The van der Waals surface area contributed by atoms with Crippen LogP contribution < -0.4 is 4.90 Å². The Labute approximate surface area is 183 Å². The quantitative estimate of drug-likeness (QED) is 0.586. The van der Waals surface area contributed by atoms with E-state index in [0.717, 1.165) is 34.9 Å². The Morgan fingerprint density at radius 1 is 1.07 bits per heavy atom. The van der Waals surface area contributed by atoms with Crippen molar-refractivity contribution in [3.05, 3.63) is 45.8 Å². The molecule has 0 N–H and O–H groups in total. The van der Waals surface area contributed by atoms with E-state index in [0.29, 0.717) is 26.2 Å². The van der Waals surface area contributed by atoms with Crippen LogP contribution in [0, 0.1) is 5.82 Å². The van der Waals surface area contributed by atoms with Crippen LogP contribution in [0.25, 0.3) is 10.2 Å². The van der Waals surface area contributed by atoms with Crippen molar-refractivity contribution in [1.82, 2.24) is 14.3 Å². The first kappa shape index (κ1) is 20.1. The first-order chi connectivity index (χ1) is 14.4. The second-order valence-electron chi connectivity index (χ2n) is 7.56. The predicted molar refractivity (Wildman–Crippen MR) is 116 cm³/mol. The molecular weight excluding hydrogens is 447 g/mol. The second kappa shape index (κ2) is 7.71. The van der Waals surface area contributed by atoms with Crippen molar-refractivity contribution in [2.75, 3.05) is 31.1 Å². The van der Waals surface area contributed by atoms with Crippen LogP contribution in [0.3, 0.4) is 0 Å². The molecule has 6 nitrogen and oxygen atoms in total. The van der Waals surface area contributed by atoms with E-state index >= 15 is 0 Å². The van der Waals surface area contributed by atoms with Crippen molar-refractivity contribution < 1.29 is 12.8 Å². The molecule has 2 aromatic heterocycles. The minimum atomic E-state index is -3.73. The molecule has 5 rings (SSSR count). The van der Waals surface area contributed by atoms with Crippen molar-refractivity contribution in [3.8, 4) is 0 Å². The summed E-state index contributed by atoms with van der Waals surface area (Å²) < 4.78 is 40.8. The number of piperazine rings is 1. The third-order valence-electron chi connectivity index (χ3n) is 5.80. The highest BCUT2D eigenvalue weighted by Crippen LogP contribution is 2.39. The smallest absolute Gasteiger partial charge is 0.243 e. The highest BCUT2D eigenvalue weighted by Gasteiger charge is 2.31. The van der Waals surface area contributed by atoms with E-state index in [9.17, 15) is 12.8 Å². The van der Waals surface area contributed by atoms with Crippen LogP contribution in [0.1, 0.15) is 23.3 Å². The predicted octanol–water partition coefficient (Wildman–Crippen LogP) is 3.87. The van der Waals surface area contributed by atoms with E-state index in [-0.39, 0.29) is 9.92 Å². The highest BCUT2D eigenvalue weighted by molar-refractivity contribution is 7.89. The Kier molecular flexibility index (Phi) is 5.17. The van der Waals surface area contributed by atoms with Gasteiger partial charge >= 0.3 is 0 Å². The lowest BCUT2D eigenvalue weighted by Gasteiger charge is -2.35. The molecule has 10 heteroatoms. The minimum Gasteiger partial charge on any atom is -0.353 e. The fourth-order valence-electron chi connectivity index (χ4n) is 4.24. The summed E-state index contributed by atoms with van der Waals surface area (Å²) in [6.07, 6.45) is 6.15. The molecule has 3 aromatic rings. The molecule has 0 bridgehead atoms. The topological polar surface area (TPSA) is 66.4 Å². The van der Waals surface area contributed by atoms with Gasteiger partial charge in [0.05, 0.1) is 15.3 Å². The van der Waals surface area contributed by atoms with Crippen LogP contribution in [-0.4, -0.2) is 48.9 Å². The van der Waals surface area contributed by atoms with Crippen LogP contribution in [0.5, 0.6) is 0 Å². The number of benzene rings is 1. The van der Waals surface area contributed by atoms with Crippen LogP contribution in [0.15, 0.2) is 29.4 Å². The summed E-state index contributed by atoms with van der Waals surface area (Å²) in [5.41, 5.74) is 1.37. The number of nitrogens with zero attached hydrogens (tertiary/aromatic N) is 4. The van der Waals surface area contributed by atoms with Gasteiger partial charge in [0.1, 0.15) is 22.8 Å². The monoisotopic (exact) mass is 466 g/mol. The molecule has 1 aromatic carbocycles. The molecule has 1 aliphatic carbocycles. The number of fused-ring (bicyclic) bond motifs is 3. The van der Waals surface area contributed by atoms with Crippen molar-refractivity contribution in [1.29, 1.82) is 0 Å². The average molecular weight is 467 g/mol. The van der Waals surface area contributed by atoms with Crippen LogP contribution in [0.4, 0.5) is 10.2 Å². The molecule has 0 spiro atoms. The zero-order valence-electron chi connectivity index (χ0n) is 16.1. The van der Waals surface area contributed by atoms with E-state index < -0.39 is 15.8 Å². The molecule has 0 amide bonds. The molecule has 0 radical (unpaired) electrons. The van der Waals surface area contributed by atoms with Crippen LogP contribution >= 0.6 is 22.9 Å². The molecule has 0 atom stereocenters. The molecular formula is C20H20ClFN4O2S2. The van der Waals surface area contributed by atoms with Gasteiger partial charge in [-0.25, -0.2) is 22.8 Å². The molecule has 30 heavy (non-hydrogen) atoms. The summed E-state index contributed by atoms with van der Waals surface area (Å²) in [5.74, 6) is 0.272. The maximum atomic E-state index is 13.4. The number of aryl methyl sites for hydroxylation is 2. The van der Waals surface area contributed by atoms with Gasteiger partial charge in [0.15, 0.2) is 0 Å². The van der Waals surface area contributed by atoms with Gasteiger partial charge in [-0.2, -0.15) is 4.31 Å². The van der Waals surface area contributed by atoms with Crippen LogP contribution in [-0.2, 0) is 22.9 Å². The van der Waals surface area contributed by atoms with Gasteiger partial charge in [-0.1, -0.05) is 11.6 Å². The van der Waals surface area contributed by atoms with Gasteiger partial charge in [0, 0.05) is 31.1 Å². The lowest BCUT2D eigenvalue weighted by Crippen LogP contribution is -2.49. The van der Waals surface area contributed by atoms with Gasteiger partial charge in [-0.05, 0) is 49.4 Å². The molecule has 2 aliphatic rings. The SMILES string of the molecule is O=S(=O)(c1ccc(F)c(Cl)c1)N1CCN(c2ncnc3sc4c(c23)CCCC4)CC1. The summed E-state index contributed by atoms with van der Waals surface area (Å²) in [7, 11) is -3.73. The van der Waals surface area contributed by atoms with Gasteiger partial charge < -0.3 is 4.90 Å². The number of rotatable bonds is 3. The molecule has 0 unspecified atom stereocenters. The molecule has 1 aliphatic heterocycles. The number of hydrogen-bond acceptors (Lipinski definition) is 6. The highest BCUT2D eigenvalue weighted by atomic mass is 35.5. The van der Waals surface area contributed by atoms with Crippen molar-refractivity contribution in [3.63, 3.8) is 0 Å². The van der Waals surface area contributed by atoms with Gasteiger partial charge in [0.25, 0.3) is 0 Å². The summed E-state index contributed by atoms with van der Waals surface area (Å²) >= 11 is 7.54. The van der Waals surface area contributed by atoms with E-state index in [2.05, 4.69) is 14.9 Å².